The van der Waals surface area contributed by atoms with Gasteiger partial charge in [-0.2, -0.15) is 0 Å². The lowest BCUT2D eigenvalue weighted by Gasteiger charge is -2.66. The van der Waals surface area contributed by atoms with E-state index in [1.165, 1.54) is 11.8 Å². The first kappa shape index (κ1) is 21.1. The van der Waals surface area contributed by atoms with E-state index in [1.54, 1.807) is 31.9 Å². The Morgan fingerprint density at radius 3 is 2.50 bits per heavy atom. The average Bonchev–Trinajstić information content (AvgIpc) is 2.97. The maximum atomic E-state index is 13.7. The fourth-order valence-electron chi connectivity index (χ4n) is 4.57. The molecule has 3 amide bonds. The van der Waals surface area contributed by atoms with E-state index >= 15 is 0 Å². The number of carbonyl (C=O) groups excluding carboxylic acids is 3. The Labute approximate surface area is 180 Å². The smallest absolute Gasteiger partial charge is 0.417 e. The number of thioether (sulfide) groups is 1. The second kappa shape index (κ2) is 7.21. The van der Waals surface area contributed by atoms with Gasteiger partial charge in [0.25, 0.3) is 0 Å². The number of imide groups is 1. The Morgan fingerprint density at radius 2 is 1.97 bits per heavy atom. The molecular weight excluding hydrogens is 404 g/mol. The van der Waals surface area contributed by atoms with Crippen LogP contribution in [0.3, 0.4) is 0 Å². The molecule has 1 saturated heterocycles. The summed E-state index contributed by atoms with van der Waals surface area (Å²) in [5.74, 6) is -0.402. The van der Waals surface area contributed by atoms with Crippen molar-refractivity contribution < 1.29 is 19.1 Å². The monoisotopic (exact) mass is 432 g/mol. The number of hydrogen-bond acceptors (Lipinski definition) is 7. The fraction of sp³-hybridized carbons (Fsp3) is 0.667. The van der Waals surface area contributed by atoms with Gasteiger partial charge in [-0.15, -0.1) is 0 Å². The third kappa shape index (κ3) is 3.46. The first-order chi connectivity index (χ1) is 14.0. The summed E-state index contributed by atoms with van der Waals surface area (Å²) in [5, 5.41) is 0.591. The second-order valence-electron chi connectivity index (χ2n) is 9.55. The molecule has 1 atom stereocenters. The maximum absolute atomic E-state index is 13.7. The predicted molar refractivity (Wildman–Crippen MR) is 112 cm³/mol. The number of aromatic nitrogens is 2. The van der Waals surface area contributed by atoms with E-state index in [1.807, 2.05) is 13.2 Å². The summed E-state index contributed by atoms with van der Waals surface area (Å²) in [7, 11) is 0. The van der Waals surface area contributed by atoms with Crippen molar-refractivity contribution in [3.8, 4) is 0 Å². The van der Waals surface area contributed by atoms with Gasteiger partial charge >= 0.3 is 6.09 Å². The average molecular weight is 433 g/mol. The van der Waals surface area contributed by atoms with Gasteiger partial charge < -0.3 is 4.74 Å². The number of anilines is 1. The number of rotatable bonds is 4. The molecule has 3 aliphatic carbocycles. The quantitative estimate of drug-likeness (QED) is 0.410. The van der Waals surface area contributed by atoms with E-state index in [0.717, 1.165) is 29.7 Å². The molecule has 30 heavy (non-hydrogen) atoms. The third-order valence-electron chi connectivity index (χ3n) is 6.14. The molecule has 3 saturated carbocycles. The maximum Gasteiger partial charge on any atom is 0.417 e. The molecule has 1 aliphatic heterocycles. The van der Waals surface area contributed by atoms with Gasteiger partial charge in [0.1, 0.15) is 17.3 Å². The van der Waals surface area contributed by atoms with Crippen LogP contribution in [0.15, 0.2) is 11.4 Å². The highest BCUT2D eigenvalue weighted by molar-refractivity contribution is 7.98. The minimum atomic E-state index is -0.890. The molecule has 0 unspecified atom stereocenters. The fourth-order valence-corrected chi connectivity index (χ4v) is 4.91. The van der Waals surface area contributed by atoms with Crippen LogP contribution in [0.2, 0.25) is 0 Å². The van der Waals surface area contributed by atoms with E-state index in [2.05, 4.69) is 9.97 Å². The second-order valence-corrected chi connectivity index (χ2v) is 10.3. The molecule has 162 valence electrons. The lowest BCUT2D eigenvalue weighted by Crippen LogP contribution is -2.71. The molecule has 0 aromatic carbocycles. The summed E-state index contributed by atoms with van der Waals surface area (Å²) >= 11 is 1.42. The van der Waals surface area contributed by atoms with Crippen LogP contribution in [0.25, 0.3) is 0 Å². The molecule has 2 heterocycles. The van der Waals surface area contributed by atoms with Crippen molar-refractivity contribution in [1.82, 2.24) is 14.9 Å². The lowest BCUT2D eigenvalue weighted by atomic mass is 9.49. The van der Waals surface area contributed by atoms with Crippen molar-refractivity contribution >= 4 is 35.5 Å². The van der Waals surface area contributed by atoms with Crippen molar-refractivity contribution in [1.29, 1.82) is 0 Å². The molecule has 0 N–H and O–H groups in total. The van der Waals surface area contributed by atoms with E-state index in [-0.39, 0.29) is 18.0 Å². The molecule has 4 aliphatic rings. The largest absolute Gasteiger partial charge is 0.443 e. The minimum Gasteiger partial charge on any atom is -0.443 e. The number of hydrogen-bond donors (Lipinski definition) is 0. The molecule has 8 nitrogen and oxygen atoms in total. The van der Waals surface area contributed by atoms with Crippen molar-refractivity contribution in [2.24, 2.45) is 11.8 Å². The zero-order valence-corrected chi connectivity index (χ0v) is 18.9. The predicted octanol–water partition coefficient (Wildman–Crippen LogP) is 3.18. The van der Waals surface area contributed by atoms with Crippen LogP contribution in [-0.4, -0.2) is 56.7 Å². The van der Waals surface area contributed by atoms with Gasteiger partial charge in [-0.25, -0.2) is 19.7 Å². The molecule has 0 radical (unpaired) electrons. The first-order valence-electron chi connectivity index (χ1n) is 10.3. The Kier molecular flexibility index (Phi) is 5.07. The van der Waals surface area contributed by atoms with E-state index in [4.69, 9.17) is 4.74 Å². The van der Waals surface area contributed by atoms with Crippen LogP contribution in [0.4, 0.5) is 10.6 Å². The summed E-state index contributed by atoms with van der Waals surface area (Å²) < 4.78 is 5.34. The summed E-state index contributed by atoms with van der Waals surface area (Å²) in [5.41, 5.74) is -0.153. The van der Waals surface area contributed by atoms with E-state index in [0.29, 0.717) is 23.3 Å². The normalized spacial score (nSPS) is 27.4. The van der Waals surface area contributed by atoms with Gasteiger partial charge in [-0.05, 0) is 65.6 Å². The molecular formula is C21H28N4O4S. The van der Waals surface area contributed by atoms with Gasteiger partial charge in [0.2, 0.25) is 11.8 Å². The molecule has 5 rings (SSSR count). The van der Waals surface area contributed by atoms with Crippen LogP contribution in [0.5, 0.6) is 0 Å². The van der Waals surface area contributed by atoms with Crippen molar-refractivity contribution in [3.63, 3.8) is 0 Å². The number of ether oxygens (including phenoxy) is 1. The summed E-state index contributed by atoms with van der Waals surface area (Å²) in [6.45, 7) is 7.32. The Hall–Kier alpha value is -2.16. The van der Waals surface area contributed by atoms with Gasteiger partial charge in [-0.3, -0.25) is 14.5 Å². The van der Waals surface area contributed by atoms with E-state index < -0.39 is 23.5 Å². The molecule has 1 aromatic rings. The molecule has 0 spiro atoms. The van der Waals surface area contributed by atoms with Crippen molar-refractivity contribution in [2.45, 2.75) is 69.7 Å². The molecule has 4 fully saturated rings. The van der Waals surface area contributed by atoms with Gasteiger partial charge in [0.15, 0.2) is 5.16 Å². The standard InChI is InChI=1S/C21H28N4O4S/c1-12-11-22-18(30-5)23-15(12)25(21-8-13(9-21)10-21)17(27)14-6-7-24(16(14)26)19(28)29-20(2,3)4/h11,13-14H,6-10H2,1-5H3/t13?,14-,21?/m1/s1. The van der Waals surface area contributed by atoms with Crippen LogP contribution in [0, 0.1) is 18.8 Å². The van der Waals surface area contributed by atoms with Crippen LogP contribution >= 0.6 is 11.8 Å². The van der Waals surface area contributed by atoms with E-state index in [9.17, 15) is 14.4 Å². The molecule has 9 heteroatoms. The van der Waals surface area contributed by atoms with Gasteiger partial charge in [0.05, 0.1) is 5.54 Å². The number of amides is 3. The number of carbonyl (C=O) groups is 3. The van der Waals surface area contributed by atoms with Crippen LogP contribution < -0.4 is 4.90 Å². The molecule has 2 bridgehead atoms. The van der Waals surface area contributed by atoms with Crippen LogP contribution in [-0.2, 0) is 14.3 Å². The Bertz CT molecular complexity index is 896. The molecule has 1 aromatic heterocycles. The summed E-state index contributed by atoms with van der Waals surface area (Å²) in [4.78, 5) is 50.9. The first-order valence-corrected chi connectivity index (χ1v) is 11.5. The third-order valence-corrected chi connectivity index (χ3v) is 6.70. The highest BCUT2D eigenvalue weighted by Crippen LogP contribution is 2.61. The van der Waals surface area contributed by atoms with Gasteiger partial charge in [0, 0.05) is 18.3 Å². The van der Waals surface area contributed by atoms with Gasteiger partial charge in [-0.1, -0.05) is 11.8 Å². The summed E-state index contributed by atoms with van der Waals surface area (Å²) in [6.07, 6.45) is 6.04. The highest BCUT2D eigenvalue weighted by Gasteiger charge is 2.63. The Balaban J connectivity index is 1.61. The van der Waals surface area contributed by atoms with Crippen molar-refractivity contribution in [2.75, 3.05) is 17.7 Å². The summed E-state index contributed by atoms with van der Waals surface area (Å²) in [6, 6.07) is 0. The minimum absolute atomic E-state index is 0.187. The number of likely N-dealkylation sites (tertiary alicyclic amines) is 1. The SMILES string of the molecule is CSc1ncc(C)c(N(C(=O)[C@@H]2CCN(C(=O)OC(C)(C)C)C2=O)C23CC(C2)C3)n1. The number of aryl methyl sites for hydroxylation is 1. The zero-order chi connectivity index (χ0) is 21.8. The lowest BCUT2D eigenvalue weighted by molar-refractivity contribution is -0.139. The van der Waals surface area contributed by atoms with Crippen molar-refractivity contribution in [3.05, 3.63) is 11.8 Å². The topological polar surface area (TPSA) is 92.7 Å². The Morgan fingerprint density at radius 1 is 1.30 bits per heavy atom. The zero-order valence-electron chi connectivity index (χ0n) is 18.1. The highest BCUT2D eigenvalue weighted by atomic mass is 32.2. The van der Waals surface area contributed by atoms with Crippen LogP contribution in [0.1, 0.15) is 52.0 Å². The number of nitrogens with zero attached hydrogens (tertiary/aromatic N) is 4.